The monoisotopic (exact) mass is 393 g/mol. The van der Waals surface area contributed by atoms with E-state index in [0.717, 1.165) is 22.5 Å². The number of para-hydroxylation sites is 1. The van der Waals surface area contributed by atoms with Crippen molar-refractivity contribution in [2.75, 3.05) is 19.0 Å². The van der Waals surface area contributed by atoms with Gasteiger partial charge in [0.05, 0.1) is 30.3 Å². The summed E-state index contributed by atoms with van der Waals surface area (Å²) in [6, 6.07) is 13.1. The minimum atomic E-state index is -0.457. The molecule has 2 aromatic carbocycles. The van der Waals surface area contributed by atoms with Crippen molar-refractivity contribution in [3.63, 3.8) is 0 Å². The van der Waals surface area contributed by atoms with Crippen LogP contribution in [0, 0.1) is 20.8 Å². The number of amides is 1. The molecule has 1 heterocycles. The number of methoxy groups -OCH3 is 1. The quantitative estimate of drug-likeness (QED) is 0.647. The first-order valence-corrected chi connectivity index (χ1v) is 9.13. The molecular formula is C22H23N3O4. The third-order valence-electron chi connectivity index (χ3n) is 4.63. The van der Waals surface area contributed by atoms with E-state index in [0.29, 0.717) is 17.0 Å². The highest BCUT2D eigenvalue weighted by molar-refractivity contribution is 6.05. The zero-order valence-corrected chi connectivity index (χ0v) is 16.9. The number of carbonyl (C=O) groups is 2. The molecule has 7 nitrogen and oxygen atoms in total. The average molecular weight is 393 g/mol. The molecule has 0 aliphatic heterocycles. The van der Waals surface area contributed by atoms with E-state index in [1.807, 2.05) is 45.0 Å². The zero-order valence-electron chi connectivity index (χ0n) is 16.9. The zero-order chi connectivity index (χ0) is 21.0. The Bertz CT molecular complexity index is 1060. The maximum atomic E-state index is 12.8. The van der Waals surface area contributed by atoms with E-state index >= 15 is 0 Å². The summed E-state index contributed by atoms with van der Waals surface area (Å²) in [7, 11) is 1.30. The lowest BCUT2D eigenvalue weighted by Crippen LogP contribution is -2.15. The molecule has 0 aliphatic rings. The van der Waals surface area contributed by atoms with Crippen LogP contribution in [0.2, 0.25) is 0 Å². The van der Waals surface area contributed by atoms with Crippen molar-refractivity contribution in [1.29, 1.82) is 0 Å². The van der Waals surface area contributed by atoms with Crippen molar-refractivity contribution >= 4 is 17.6 Å². The Labute approximate surface area is 169 Å². The van der Waals surface area contributed by atoms with E-state index in [-0.39, 0.29) is 12.5 Å². The van der Waals surface area contributed by atoms with Gasteiger partial charge < -0.3 is 14.8 Å². The van der Waals surface area contributed by atoms with Gasteiger partial charge in [-0.1, -0.05) is 18.2 Å². The van der Waals surface area contributed by atoms with Crippen LogP contribution in [-0.4, -0.2) is 35.4 Å². The second-order valence-electron chi connectivity index (χ2n) is 6.64. The fraction of sp³-hybridized carbons (Fsp3) is 0.227. The molecule has 0 fully saturated rings. The standard InChI is InChI=1S/C22H23N3O4/c1-14-7-5-6-8-20(14)25-16(3)18(12-23-25)22(27)24-19-10-9-17(11-15(19)2)29-13-21(26)28-4/h5-12H,13H2,1-4H3,(H,24,27). The van der Waals surface area contributed by atoms with Crippen molar-refractivity contribution in [1.82, 2.24) is 9.78 Å². The lowest BCUT2D eigenvalue weighted by atomic mass is 10.1. The summed E-state index contributed by atoms with van der Waals surface area (Å²) in [4.78, 5) is 24.0. The molecule has 1 amide bonds. The van der Waals surface area contributed by atoms with Gasteiger partial charge in [0.2, 0.25) is 0 Å². The van der Waals surface area contributed by atoms with Crippen LogP contribution in [0.3, 0.4) is 0 Å². The van der Waals surface area contributed by atoms with Gasteiger partial charge in [-0.15, -0.1) is 0 Å². The summed E-state index contributed by atoms with van der Waals surface area (Å²) in [5.74, 6) is -0.177. The number of esters is 1. The van der Waals surface area contributed by atoms with Crippen molar-refractivity contribution < 1.29 is 19.1 Å². The van der Waals surface area contributed by atoms with Gasteiger partial charge in [-0.05, 0) is 56.2 Å². The van der Waals surface area contributed by atoms with Gasteiger partial charge in [-0.2, -0.15) is 5.10 Å². The van der Waals surface area contributed by atoms with E-state index in [9.17, 15) is 9.59 Å². The number of hydrogen-bond acceptors (Lipinski definition) is 5. The van der Waals surface area contributed by atoms with Crippen molar-refractivity contribution in [3.8, 4) is 11.4 Å². The van der Waals surface area contributed by atoms with Crippen LogP contribution in [0.4, 0.5) is 5.69 Å². The molecule has 150 valence electrons. The average Bonchev–Trinajstić information content (AvgIpc) is 3.09. The maximum Gasteiger partial charge on any atom is 0.343 e. The Hall–Kier alpha value is -3.61. The molecule has 0 bridgehead atoms. The molecule has 0 saturated carbocycles. The summed E-state index contributed by atoms with van der Waals surface area (Å²) in [6.45, 7) is 5.55. The Balaban J connectivity index is 1.76. The molecule has 0 spiro atoms. The maximum absolute atomic E-state index is 12.8. The molecule has 7 heteroatoms. The number of rotatable bonds is 6. The number of carbonyl (C=O) groups excluding carboxylic acids is 2. The summed E-state index contributed by atoms with van der Waals surface area (Å²) in [5.41, 5.74) is 4.73. The number of nitrogens with one attached hydrogen (secondary N) is 1. The Morgan fingerprint density at radius 2 is 1.83 bits per heavy atom. The number of aromatic nitrogens is 2. The van der Waals surface area contributed by atoms with E-state index in [1.54, 1.807) is 29.1 Å². The van der Waals surface area contributed by atoms with Crippen LogP contribution in [0.1, 0.15) is 27.2 Å². The number of ether oxygens (including phenoxy) is 2. The van der Waals surface area contributed by atoms with Crippen LogP contribution >= 0.6 is 0 Å². The lowest BCUT2D eigenvalue weighted by Gasteiger charge is -2.11. The molecule has 0 unspecified atom stereocenters. The second kappa shape index (κ2) is 8.60. The number of benzene rings is 2. The highest BCUT2D eigenvalue weighted by Crippen LogP contribution is 2.23. The van der Waals surface area contributed by atoms with Crippen LogP contribution < -0.4 is 10.1 Å². The molecule has 1 N–H and O–H groups in total. The predicted octanol–water partition coefficient (Wildman–Crippen LogP) is 3.60. The van der Waals surface area contributed by atoms with Crippen molar-refractivity contribution in [2.24, 2.45) is 0 Å². The smallest absolute Gasteiger partial charge is 0.343 e. The molecule has 29 heavy (non-hydrogen) atoms. The minimum absolute atomic E-state index is 0.168. The van der Waals surface area contributed by atoms with E-state index in [2.05, 4.69) is 15.2 Å². The normalized spacial score (nSPS) is 10.5. The largest absolute Gasteiger partial charge is 0.482 e. The van der Waals surface area contributed by atoms with Crippen LogP contribution in [0.5, 0.6) is 5.75 Å². The third-order valence-corrected chi connectivity index (χ3v) is 4.63. The first kappa shape index (κ1) is 20.1. The highest BCUT2D eigenvalue weighted by atomic mass is 16.6. The third kappa shape index (κ3) is 4.45. The lowest BCUT2D eigenvalue weighted by molar-refractivity contribution is -0.142. The molecule has 0 radical (unpaired) electrons. The summed E-state index contributed by atoms with van der Waals surface area (Å²) in [6.07, 6.45) is 1.57. The highest BCUT2D eigenvalue weighted by Gasteiger charge is 2.17. The van der Waals surface area contributed by atoms with Gasteiger partial charge in [0.25, 0.3) is 5.91 Å². The number of anilines is 1. The molecule has 0 aliphatic carbocycles. The van der Waals surface area contributed by atoms with Gasteiger partial charge in [0.1, 0.15) is 5.75 Å². The topological polar surface area (TPSA) is 82.4 Å². The van der Waals surface area contributed by atoms with Crippen LogP contribution in [0.15, 0.2) is 48.7 Å². The van der Waals surface area contributed by atoms with E-state index in [1.165, 1.54) is 7.11 Å². The van der Waals surface area contributed by atoms with Gasteiger partial charge in [0, 0.05) is 5.69 Å². The number of aryl methyl sites for hydroxylation is 2. The second-order valence-corrected chi connectivity index (χ2v) is 6.64. The Morgan fingerprint density at radius 3 is 2.52 bits per heavy atom. The van der Waals surface area contributed by atoms with Crippen molar-refractivity contribution in [3.05, 3.63) is 71.0 Å². The fourth-order valence-electron chi connectivity index (χ4n) is 2.93. The number of nitrogens with zero attached hydrogens (tertiary/aromatic N) is 2. The summed E-state index contributed by atoms with van der Waals surface area (Å²) in [5, 5.41) is 7.30. The molecule has 0 saturated heterocycles. The molecular weight excluding hydrogens is 370 g/mol. The van der Waals surface area contributed by atoms with Gasteiger partial charge in [-0.3, -0.25) is 4.79 Å². The predicted molar refractivity (Wildman–Crippen MR) is 110 cm³/mol. The Morgan fingerprint density at radius 1 is 1.07 bits per heavy atom. The molecule has 0 atom stereocenters. The Kier molecular flexibility index (Phi) is 5.97. The van der Waals surface area contributed by atoms with Crippen molar-refractivity contribution in [2.45, 2.75) is 20.8 Å². The van der Waals surface area contributed by atoms with Gasteiger partial charge >= 0.3 is 5.97 Å². The van der Waals surface area contributed by atoms with Crippen LogP contribution in [0.25, 0.3) is 5.69 Å². The first-order valence-electron chi connectivity index (χ1n) is 9.13. The summed E-state index contributed by atoms with van der Waals surface area (Å²) < 4.78 is 11.7. The van der Waals surface area contributed by atoms with Gasteiger partial charge in [0.15, 0.2) is 6.61 Å². The number of hydrogen-bond donors (Lipinski definition) is 1. The van der Waals surface area contributed by atoms with Crippen LogP contribution in [-0.2, 0) is 9.53 Å². The minimum Gasteiger partial charge on any atom is -0.482 e. The van der Waals surface area contributed by atoms with E-state index < -0.39 is 5.97 Å². The molecule has 1 aromatic heterocycles. The summed E-state index contributed by atoms with van der Waals surface area (Å²) >= 11 is 0. The molecule has 3 rings (SSSR count). The first-order chi connectivity index (χ1) is 13.9. The fourth-order valence-corrected chi connectivity index (χ4v) is 2.93. The van der Waals surface area contributed by atoms with Gasteiger partial charge in [-0.25, -0.2) is 9.48 Å². The van der Waals surface area contributed by atoms with E-state index in [4.69, 9.17) is 4.74 Å². The molecule has 3 aromatic rings. The SMILES string of the molecule is COC(=O)COc1ccc(NC(=O)c2cnn(-c3ccccc3C)c2C)c(C)c1.